The van der Waals surface area contributed by atoms with E-state index in [1.54, 1.807) is 18.9 Å². The van der Waals surface area contributed by atoms with Gasteiger partial charge in [-0.1, -0.05) is 35.9 Å². The van der Waals surface area contributed by atoms with Crippen molar-refractivity contribution >= 4 is 29.3 Å². The van der Waals surface area contributed by atoms with Crippen LogP contribution in [0.5, 0.6) is 5.75 Å². The van der Waals surface area contributed by atoms with Crippen LogP contribution in [-0.2, 0) is 10.5 Å². The monoisotopic (exact) mass is 349 g/mol. The maximum Gasteiger partial charge on any atom is 0.230 e. The molecule has 0 unspecified atom stereocenters. The van der Waals surface area contributed by atoms with E-state index in [4.69, 9.17) is 16.3 Å². The number of nitrogens with one attached hydrogen (secondary N) is 1. The molecule has 0 saturated heterocycles. The molecule has 0 saturated carbocycles. The zero-order valence-corrected chi connectivity index (χ0v) is 14.8. The SMILES string of the molecule is COc1ccc([C@H](C)NC(=O)CSCc2cccc(Cl)c2)cc1. The lowest BCUT2D eigenvalue weighted by Crippen LogP contribution is -2.28. The topological polar surface area (TPSA) is 38.3 Å². The van der Waals surface area contributed by atoms with E-state index in [9.17, 15) is 4.79 Å². The van der Waals surface area contributed by atoms with Crippen LogP contribution < -0.4 is 10.1 Å². The Morgan fingerprint density at radius 3 is 2.65 bits per heavy atom. The van der Waals surface area contributed by atoms with Gasteiger partial charge in [0, 0.05) is 10.8 Å². The number of carbonyl (C=O) groups is 1. The number of ether oxygens (including phenoxy) is 1. The minimum Gasteiger partial charge on any atom is -0.497 e. The standard InChI is InChI=1S/C18H20ClNO2S/c1-13(15-6-8-17(22-2)9-7-15)20-18(21)12-23-11-14-4-3-5-16(19)10-14/h3-10,13H,11-12H2,1-2H3,(H,20,21)/t13-/m0/s1. The van der Waals surface area contributed by atoms with E-state index >= 15 is 0 Å². The van der Waals surface area contributed by atoms with Gasteiger partial charge < -0.3 is 10.1 Å². The molecule has 2 aromatic rings. The molecule has 5 heteroatoms. The lowest BCUT2D eigenvalue weighted by Gasteiger charge is -2.14. The maximum atomic E-state index is 12.0. The largest absolute Gasteiger partial charge is 0.497 e. The van der Waals surface area contributed by atoms with Crippen molar-refractivity contribution in [1.29, 1.82) is 0 Å². The summed E-state index contributed by atoms with van der Waals surface area (Å²) in [6, 6.07) is 15.4. The quantitative estimate of drug-likeness (QED) is 0.802. The van der Waals surface area contributed by atoms with Gasteiger partial charge in [0.1, 0.15) is 5.75 Å². The Labute approximate surface area is 146 Å². The van der Waals surface area contributed by atoms with Gasteiger partial charge in [0.25, 0.3) is 0 Å². The van der Waals surface area contributed by atoms with Gasteiger partial charge in [0.2, 0.25) is 5.91 Å². The summed E-state index contributed by atoms with van der Waals surface area (Å²) in [5.74, 6) is 2.03. The molecule has 0 aliphatic heterocycles. The first-order valence-electron chi connectivity index (χ1n) is 7.34. The summed E-state index contributed by atoms with van der Waals surface area (Å²) < 4.78 is 5.13. The second-order valence-corrected chi connectivity index (χ2v) is 6.61. The van der Waals surface area contributed by atoms with Gasteiger partial charge in [-0.2, -0.15) is 0 Å². The summed E-state index contributed by atoms with van der Waals surface area (Å²) in [5.41, 5.74) is 2.18. The van der Waals surface area contributed by atoms with Crippen molar-refractivity contribution in [3.63, 3.8) is 0 Å². The maximum absolute atomic E-state index is 12.0. The van der Waals surface area contributed by atoms with E-state index in [2.05, 4.69) is 5.32 Å². The Hall–Kier alpha value is -1.65. The molecular formula is C18H20ClNO2S. The number of benzene rings is 2. The van der Waals surface area contributed by atoms with Crippen LogP contribution in [0.25, 0.3) is 0 Å². The number of hydrogen-bond donors (Lipinski definition) is 1. The van der Waals surface area contributed by atoms with Crippen LogP contribution in [0.15, 0.2) is 48.5 Å². The highest BCUT2D eigenvalue weighted by Gasteiger charge is 2.09. The van der Waals surface area contributed by atoms with Crippen LogP contribution in [0.4, 0.5) is 0 Å². The number of halogens is 1. The third kappa shape index (κ3) is 5.81. The Morgan fingerprint density at radius 1 is 1.26 bits per heavy atom. The second kappa shape index (κ2) is 8.85. The van der Waals surface area contributed by atoms with E-state index in [0.29, 0.717) is 5.75 Å². The van der Waals surface area contributed by atoms with Crippen LogP contribution in [0.2, 0.25) is 5.02 Å². The first-order chi connectivity index (χ1) is 11.1. The number of rotatable bonds is 7. The predicted molar refractivity (Wildman–Crippen MR) is 97.2 cm³/mol. The number of hydrogen-bond acceptors (Lipinski definition) is 3. The molecule has 1 atom stereocenters. The molecular weight excluding hydrogens is 330 g/mol. The number of methoxy groups -OCH3 is 1. The fourth-order valence-corrected chi connectivity index (χ4v) is 3.15. The fraction of sp³-hybridized carbons (Fsp3) is 0.278. The van der Waals surface area contributed by atoms with Crippen molar-refractivity contribution in [2.75, 3.05) is 12.9 Å². The van der Waals surface area contributed by atoms with Crippen molar-refractivity contribution in [3.8, 4) is 5.75 Å². The Morgan fingerprint density at radius 2 is 2.00 bits per heavy atom. The highest BCUT2D eigenvalue weighted by atomic mass is 35.5. The third-order valence-corrected chi connectivity index (χ3v) is 4.62. The molecule has 2 rings (SSSR count). The average molecular weight is 350 g/mol. The normalized spacial score (nSPS) is 11.8. The molecule has 0 radical (unpaired) electrons. The van der Waals surface area contributed by atoms with E-state index in [1.807, 2.05) is 55.5 Å². The van der Waals surface area contributed by atoms with Gasteiger partial charge in [-0.25, -0.2) is 0 Å². The molecule has 0 bridgehead atoms. The highest BCUT2D eigenvalue weighted by Crippen LogP contribution is 2.19. The van der Waals surface area contributed by atoms with Gasteiger partial charge >= 0.3 is 0 Å². The molecule has 2 aromatic carbocycles. The molecule has 0 aromatic heterocycles. The number of amides is 1. The molecule has 0 heterocycles. The minimum absolute atomic E-state index is 0.0276. The summed E-state index contributed by atoms with van der Waals surface area (Å²) >= 11 is 7.52. The van der Waals surface area contributed by atoms with Gasteiger partial charge in [0.15, 0.2) is 0 Å². The molecule has 1 N–H and O–H groups in total. The second-order valence-electron chi connectivity index (χ2n) is 5.19. The highest BCUT2D eigenvalue weighted by molar-refractivity contribution is 7.99. The van der Waals surface area contributed by atoms with Crippen LogP contribution in [0, 0.1) is 0 Å². The summed E-state index contributed by atoms with van der Waals surface area (Å²) in [7, 11) is 1.64. The molecule has 1 amide bonds. The number of carbonyl (C=O) groups excluding carboxylic acids is 1. The molecule has 3 nitrogen and oxygen atoms in total. The van der Waals surface area contributed by atoms with Crippen molar-refractivity contribution < 1.29 is 9.53 Å². The van der Waals surface area contributed by atoms with Crippen LogP contribution in [0.3, 0.4) is 0 Å². The molecule has 23 heavy (non-hydrogen) atoms. The smallest absolute Gasteiger partial charge is 0.230 e. The molecule has 0 fully saturated rings. The minimum atomic E-state index is -0.0276. The zero-order valence-electron chi connectivity index (χ0n) is 13.2. The van der Waals surface area contributed by atoms with Crippen LogP contribution in [-0.4, -0.2) is 18.8 Å². The lowest BCUT2D eigenvalue weighted by atomic mass is 10.1. The van der Waals surface area contributed by atoms with E-state index in [1.165, 1.54) is 0 Å². The fourth-order valence-electron chi connectivity index (χ4n) is 2.15. The Kier molecular flexibility index (Phi) is 6.81. The van der Waals surface area contributed by atoms with Crippen molar-refractivity contribution in [1.82, 2.24) is 5.32 Å². The van der Waals surface area contributed by atoms with Crippen LogP contribution in [0.1, 0.15) is 24.1 Å². The molecule has 0 spiro atoms. The number of thioether (sulfide) groups is 1. The first kappa shape index (κ1) is 17.7. The van der Waals surface area contributed by atoms with E-state index in [-0.39, 0.29) is 11.9 Å². The summed E-state index contributed by atoms with van der Waals surface area (Å²) in [6.07, 6.45) is 0. The lowest BCUT2D eigenvalue weighted by molar-refractivity contribution is -0.119. The molecule has 0 aliphatic rings. The predicted octanol–water partition coefficient (Wildman–Crippen LogP) is 4.46. The van der Waals surface area contributed by atoms with Crippen molar-refractivity contribution in [2.24, 2.45) is 0 Å². The molecule has 122 valence electrons. The summed E-state index contributed by atoms with van der Waals surface area (Å²) in [5, 5.41) is 3.73. The van der Waals surface area contributed by atoms with Crippen molar-refractivity contribution in [2.45, 2.75) is 18.7 Å². The summed E-state index contributed by atoms with van der Waals surface area (Å²) in [6.45, 7) is 1.97. The average Bonchev–Trinajstić information content (AvgIpc) is 2.55. The molecule has 0 aliphatic carbocycles. The van der Waals surface area contributed by atoms with E-state index in [0.717, 1.165) is 27.7 Å². The first-order valence-corrected chi connectivity index (χ1v) is 8.87. The van der Waals surface area contributed by atoms with Crippen LogP contribution >= 0.6 is 23.4 Å². The third-order valence-electron chi connectivity index (χ3n) is 3.38. The Bertz CT molecular complexity index is 646. The van der Waals surface area contributed by atoms with Gasteiger partial charge in [0.05, 0.1) is 18.9 Å². The van der Waals surface area contributed by atoms with Gasteiger partial charge in [-0.3, -0.25) is 4.79 Å². The van der Waals surface area contributed by atoms with Crippen molar-refractivity contribution in [3.05, 3.63) is 64.7 Å². The zero-order chi connectivity index (χ0) is 16.7. The van der Waals surface area contributed by atoms with E-state index < -0.39 is 0 Å². The van der Waals surface area contributed by atoms with Gasteiger partial charge in [-0.15, -0.1) is 11.8 Å². The Balaban J connectivity index is 1.77. The van der Waals surface area contributed by atoms with Gasteiger partial charge in [-0.05, 0) is 42.3 Å². The summed E-state index contributed by atoms with van der Waals surface area (Å²) in [4.78, 5) is 12.0.